The van der Waals surface area contributed by atoms with E-state index in [0.29, 0.717) is 18.1 Å². The standard InChI is InChI=1S/C12H19N3O3/c1-12(2,3)17-11(16)15-6-4-5-8(15)9-7-10(13)14-18-9/h7-8H,4-6H2,1-3H3,(H2,13,14). The van der Waals surface area contributed by atoms with E-state index in [0.717, 1.165) is 12.8 Å². The third kappa shape index (κ3) is 2.75. The lowest BCUT2D eigenvalue weighted by molar-refractivity contribution is 0.0204. The molecule has 1 unspecified atom stereocenters. The van der Waals surface area contributed by atoms with Crippen molar-refractivity contribution in [3.05, 3.63) is 11.8 Å². The van der Waals surface area contributed by atoms with Gasteiger partial charge in [-0.25, -0.2) is 4.79 Å². The van der Waals surface area contributed by atoms with Crippen LogP contribution in [-0.4, -0.2) is 28.3 Å². The fourth-order valence-corrected chi connectivity index (χ4v) is 2.06. The van der Waals surface area contributed by atoms with Crippen LogP contribution in [0.1, 0.15) is 45.4 Å². The molecule has 1 atom stereocenters. The Balaban J connectivity index is 2.10. The summed E-state index contributed by atoms with van der Waals surface area (Å²) >= 11 is 0. The van der Waals surface area contributed by atoms with Crippen LogP contribution in [0, 0.1) is 0 Å². The quantitative estimate of drug-likeness (QED) is 0.830. The first-order valence-electron chi connectivity index (χ1n) is 6.08. The number of nitrogens with two attached hydrogens (primary N) is 1. The van der Waals surface area contributed by atoms with Gasteiger partial charge in [0.2, 0.25) is 0 Å². The molecule has 1 fully saturated rings. The summed E-state index contributed by atoms with van der Waals surface area (Å²) in [6.07, 6.45) is 1.44. The molecule has 0 spiro atoms. The average molecular weight is 253 g/mol. The highest BCUT2D eigenvalue weighted by Gasteiger charge is 2.35. The SMILES string of the molecule is CC(C)(C)OC(=O)N1CCCC1c1cc(N)no1. The topological polar surface area (TPSA) is 81.6 Å². The van der Waals surface area contributed by atoms with Gasteiger partial charge in [-0.3, -0.25) is 4.90 Å². The van der Waals surface area contributed by atoms with E-state index in [1.807, 2.05) is 20.8 Å². The molecule has 1 saturated heterocycles. The van der Waals surface area contributed by atoms with Crippen LogP contribution in [0.3, 0.4) is 0 Å². The Bertz CT molecular complexity index is 436. The summed E-state index contributed by atoms with van der Waals surface area (Å²) < 4.78 is 10.5. The summed E-state index contributed by atoms with van der Waals surface area (Å²) in [4.78, 5) is 13.7. The third-order valence-corrected chi connectivity index (χ3v) is 2.76. The van der Waals surface area contributed by atoms with Gasteiger partial charge in [0.1, 0.15) is 5.60 Å². The van der Waals surface area contributed by atoms with Crippen molar-refractivity contribution in [3.8, 4) is 0 Å². The molecular weight excluding hydrogens is 234 g/mol. The van der Waals surface area contributed by atoms with Gasteiger partial charge >= 0.3 is 6.09 Å². The van der Waals surface area contributed by atoms with Crippen LogP contribution in [0.15, 0.2) is 10.6 Å². The minimum atomic E-state index is -0.495. The molecule has 18 heavy (non-hydrogen) atoms. The monoisotopic (exact) mass is 253 g/mol. The van der Waals surface area contributed by atoms with Crippen LogP contribution in [0.2, 0.25) is 0 Å². The highest BCUT2D eigenvalue weighted by atomic mass is 16.6. The largest absolute Gasteiger partial charge is 0.444 e. The molecule has 1 aliphatic heterocycles. The van der Waals surface area contributed by atoms with E-state index in [4.69, 9.17) is 15.0 Å². The number of likely N-dealkylation sites (tertiary alicyclic amines) is 1. The average Bonchev–Trinajstić information content (AvgIpc) is 2.81. The van der Waals surface area contributed by atoms with Crippen LogP contribution in [0.4, 0.5) is 10.6 Å². The molecule has 2 N–H and O–H groups in total. The first-order valence-corrected chi connectivity index (χ1v) is 6.08. The lowest BCUT2D eigenvalue weighted by Crippen LogP contribution is -2.36. The summed E-state index contributed by atoms with van der Waals surface area (Å²) in [6.45, 7) is 6.22. The molecule has 6 nitrogen and oxygen atoms in total. The fourth-order valence-electron chi connectivity index (χ4n) is 2.06. The number of nitrogens with zero attached hydrogens (tertiary/aromatic N) is 2. The fraction of sp³-hybridized carbons (Fsp3) is 0.667. The van der Waals surface area contributed by atoms with Gasteiger partial charge in [-0.15, -0.1) is 0 Å². The summed E-state index contributed by atoms with van der Waals surface area (Å²) in [5.74, 6) is 0.955. The molecule has 6 heteroatoms. The zero-order valence-electron chi connectivity index (χ0n) is 11.0. The van der Waals surface area contributed by atoms with Crippen LogP contribution in [0.25, 0.3) is 0 Å². The zero-order valence-corrected chi connectivity index (χ0v) is 11.0. The second-order valence-corrected chi connectivity index (χ2v) is 5.49. The number of ether oxygens (including phenoxy) is 1. The Morgan fingerprint density at radius 2 is 2.33 bits per heavy atom. The van der Waals surface area contributed by atoms with Crippen molar-refractivity contribution in [1.82, 2.24) is 10.1 Å². The molecule has 0 bridgehead atoms. The molecule has 0 aromatic carbocycles. The van der Waals surface area contributed by atoms with E-state index in [-0.39, 0.29) is 12.1 Å². The van der Waals surface area contributed by atoms with Gasteiger partial charge < -0.3 is 15.0 Å². The summed E-state index contributed by atoms with van der Waals surface area (Å²) in [5.41, 5.74) is 5.03. The van der Waals surface area contributed by atoms with Crippen molar-refractivity contribution < 1.29 is 14.1 Å². The maximum absolute atomic E-state index is 12.1. The first kappa shape index (κ1) is 12.7. The van der Waals surface area contributed by atoms with Crippen molar-refractivity contribution in [3.63, 3.8) is 0 Å². The van der Waals surface area contributed by atoms with Gasteiger partial charge in [0.25, 0.3) is 0 Å². The van der Waals surface area contributed by atoms with Crippen LogP contribution in [0.5, 0.6) is 0 Å². The predicted molar refractivity (Wildman–Crippen MR) is 65.8 cm³/mol. The van der Waals surface area contributed by atoms with Gasteiger partial charge in [0.15, 0.2) is 11.6 Å². The van der Waals surface area contributed by atoms with Gasteiger partial charge in [-0.1, -0.05) is 5.16 Å². The summed E-state index contributed by atoms with van der Waals surface area (Å²) in [5, 5.41) is 3.65. The third-order valence-electron chi connectivity index (χ3n) is 2.76. The normalized spacial score (nSPS) is 20.2. The van der Waals surface area contributed by atoms with Crippen molar-refractivity contribution in [2.45, 2.75) is 45.3 Å². The molecule has 2 heterocycles. The number of carbonyl (C=O) groups is 1. The van der Waals surface area contributed by atoms with E-state index in [9.17, 15) is 4.79 Å². The Hall–Kier alpha value is -1.72. The highest BCUT2D eigenvalue weighted by Crippen LogP contribution is 2.33. The molecule has 0 aliphatic carbocycles. The molecule has 1 aromatic rings. The molecule has 1 amide bonds. The Labute approximate surface area is 106 Å². The molecule has 100 valence electrons. The Kier molecular flexibility index (Phi) is 3.19. The Morgan fingerprint density at radius 1 is 1.61 bits per heavy atom. The number of anilines is 1. The lowest BCUT2D eigenvalue weighted by Gasteiger charge is -2.27. The van der Waals surface area contributed by atoms with Crippen LogP contribution >= 0.6 is 0 Å². The zero-order chi connectivity index (χ0) is 13.3. The van der Waals surface area contributed by atoms with Crippen molar-refractivity contribution in [2.24, 2.45) is 0 Å². The molecular formula is C12H19N3O3. The number of rotatable bonds is 1. The lowest BCUT2D eigenvalue weighted by atomic mass is 10.1. The van der Waals surface area contributed by atoms with Gasteiger partial charge in [0.05, 0.1) is 6.04 Å². The van der Waals surface area contributed by atoms with Crippen molar-refractivity contribution >= 4 is 11.9 Å². The number of aromatic nitrogens is 1. The minimum absolute atomic E-state index is 0.121. The first-order chi connectivity index (χ1) is 8.37. The van der Waals surface area contributed by atoms with E-state index < -0.39 is 5.60 Å². The summed E-state index contributed by atoms with van der Waals surface area (Å²) in [7, 11) is 0. The van der Waals surface area contributed by atoms with Gasteiger partial charge in [0, 0.05) is 12.6 Å². The number of amides is 1. The number of carbonyl (C=O) groups excluding carboxylic acids is 1. The van der Waals surface area contributed by atoms with Crippen LogP contribution < -0.4 is 5.73 Å². The van der Waals surface area contributed by atoms with Crippen LogP contribution in [-0.2, 0) is 4.74 Å². The predicted octanol–water partition coefficient (Wildman–Crippen LogP) is 2.33. The van der Waals surface area contributed by atoms with Crippen molar-refractivity contribution in [2.75, 3.05) is 12.3 Å². The smallest absolute Gasteiger partial charge is 0.410 e. The van der Waals surface area contributed by atoms with E-state index >= 15 is 0 Å². The van der Waals surface area contributed by atoms with Crippen molar-refractivity contribution in [1.29, 1.82) is 0 Å². The number of hydrogen-bond acceptors (Lipinski definition) is 5. The summed E-state index contributed by atoms with van der Waals surface area (Å²) in [6, 6.07) is 1.54. The van der Waals surface area contributed by atoms with Gasteiger partial charge in [-0.05, 0) is 33.6 Å². The molecule has 1 aromatic heterocycles. The number of hydrogen-bond donors (Lipinski definition) is 1. The second-order valence-electron chi connectivity index (χ2n) is 5.49. The second kappa shape index (κ2) is 4.51. The van der Waals surface area contributed by atoms with E-state index in [1.165, 1.54) is 0 Å². The van der Waals surface area contributed by atoms with E-state index in [2.05, 4.69) is 5.16 Å². The molecule has 0 radical (unpaired) electrons. The number of nitrogen functional groups attached to an aromatic ring is 1. The maximum Gasteiger partial charge on any atom is 0.410 e. The Morgan fingerprint density at radius 3 is 2.89 bits per heavy atom. The highest BCUT2D eigenvalue weighted by molar-refractivity contribution is 5.69. The van der Waals surface area contributed by atoms with E-state index in [1.54, 1.807) is 11.0 Å². The maximum atomic E-state index is 12.1. The van der Waals surface area contributed by atoms with Gasteiger partial charge in [-0.2, -0.15) is 0 Å². The minimum Gasteiger partial charge on any atom is -0.444 e. The molecule has 2 rings (SSSR count). The molecule has 1 aliphatic rings. The molecule has 0 saturated carbocycles.